The summed E-state index contributed by atoms with van der Waals surface area (Å²) in [5, 5.41) is 26.4. The summed E-state index contributed by atoms with van der Waals surface area (Å²) >= 11 is 0. The van der Waals surface area contributed by atoms with Gasteiger partial charge in [0, 0.05) is 96.5 Å². The third kappa shape index (κ3) is 5.58. The molecule has 9 rings (SSSR count). The lowest BCUT2D eigenvalue weighted by molar-refractivity contribution is -0.228. The van der Waals surface area contributed by atoms with Crippen molar-refractivity contribution in [1.29, 1.82) is 0 Å². The zero-order chi connectivity index (χ0) is 44.1. The SMILES string of the molecule is CC#Cc1ccc2[nH]c3c(c2c1)CCN1C[C@H](C[C@@](O)(CC)C1)C[C@]3(C(=O)OC)c1cc2c(cc1OC)N(C)C1[C@]23CCN2CC=C[C@@](CC)([C@@H](OC(C)=O)[C@]1(O)C(=O)OC)[C@H]23. The lowest BCUT2D eigenvalue weighted by Crippen LogP contribution is -2.81. The molecule has 2 saturated heterocycles. The normalized spacial score (nSPS) is 35.5. The molecular weight excluding hydrogens is 789 g/mol. The van der Waals surface area contributed by atoms with E-state index in [0.717, 1.165) is 39.0 Å². The minimum atomic E-state index is -2.32. The van der Waals surface area contributed by atoms with Gasteiger partial charge in [0.1, 0.15) is 11.2 Å². The van der Waals surface area contributed by atoms with Gasteiger partial charge in [0.05, 0.1) is 33.0 Å². The van der Waals surface area contributed by atoms with Crippen LogP contribution in [-0.2, 0) is 45.8 Å². The number of aliphatic hydroxyl groups is 2. The minimum absolute atomic E-state index is 0.125. The smallest absolute Gasteiger partial charge is 0.344 e. The number of esters is 3. The van der Waals surface area contributed by atoms with Gasteiger partial charge in [0.2, 0.25) is 5.60 Å². The van der Waals surface area contributed by atoms with E-state index in [1.54, 1.807) is 7.11 Å². The first-order valence-electron chi connectivity index (χ1n) is 22.1. The van der Waals surface area contributed by atoms with Gasteiger partial charge in [-0.3, -0.25) is 19.4 Å². The maximum Gasteiger partial charge on any atom is 0.344 e. The van der Waals surface area contributed by atoms with Crippen LogP contribution in [0.25, 0.3) is 10.9 Å². The standard InChI is InChI=1S/C49H60N4O9/c1-9-13-30-14-15-36-33(22-30)32-16-20-52-27-31(25-45(57,10-2)28-52)26-48(39(32)50-36,43(55)60-7)35-23-34-37(24-38(35)59-6)51(5)41-47(34)18-21-53-19-12-17-46(11-3,40(47)53)42(62-29(4)54)49(41,58)44(56)61-8/h12,14-15,17,22-24,31,40-42,50,57-58H,10-11,16,18-21,25-28H2,1-8H3/t31-,40+,41?,42-,45+,46-,47-,48+,49+/m1/s1. The summed E-state index contributed by atoms with van der Waals surface area (Å²) in [6.45, 7) is 10.3. The number of benzene rings is 2. The van der Waals surface area contributed by atoms with E-state index in [4.69, 9.17) is 18.9 Å². The van der Waals surface area contributed by atoms with Crippen LogP contribution < -0.4 is 9.64 Å². The molecule has 1 aliphatic carbocycles. The fourth-order valence-corrected chi connectivity index (χ4v) is 13.8. The third-order valence-corrected chi connectivity index (χ3v) is 16.0. The number of fused-ring (bicyclic) bond motifs is 6. The summed E-state index contributed by atoms with van der Waals surface area (Å²) in [6, 6.07) is 8.87. The van der Waals surface area contributed by atoms with Crippen molar-refractivity contribution < 1.29 is 43.5 Å². The fraction of sp³-hybridized carbons (Fsp3) is 0.571. The highest BCUT2D eigenvalue weighted by Gasteiger charge is 2.80. The van der Waals surface area contributed by atoms with E-state index in [1.165, 1.54) is 21.1 Å². The van der Waals surface area contributed by atoms with Gasteiger partial charge in [0.15, 0.2) is 6.10 Å². The number of aromatic nitrogens is 1. The van der Waals surface area contributed by atoms with E-state index in [0.29, 0.717) is 82.6 Å². The van der Waals surface area contributed by atoms with E-state index in [1.807, 2.05) is 57.0 Å². The van der Waals surface area contributed by atoms with Crippen molar-refractivity contribution in [3.05, 3.63) is 70.4 Å². The number of carbonyl (C=O) groups is 3. The first kappa shape index (κ1) is 42.4. The van der Waals surface area contributed by atoms with Crippen molar-refractivity contribution in [1.82, 2.24) is 14.8 Å². The molecule has 1 spiro atoms. The average Bonchev–Trinajstić information content (AvgIpc) is 3.92. The number of carbonyl (C=O) groups excluding carboxylic acids is 3. The molecule has 330 valence electrons. The number of nitrogens with one attached hydrogen (secondary N) is 1. The Bertz CT molecular complexity index is 2450. The van der Waals surface area contributed by atoms with Crippen LogP contribution in [0.15, 0.2) is 42.5 Å². The molecule has 6 heterocycles. The number of piperidine rings is 1. The maximum atomic E-state index is 15.5. The zero-order valence-corrected chi connectivity index (χ0v) is 37.2. The largest absolute Gasteiger partial charge is 0.496 e. The topological polar surface area (TPSA) is 154 Å². The highest BCUT2D eigenvalue weighted by molar-refractivity contribution is 5.95. The van der Waals surface area contributed by atoms with Gasteiger partial charge < -0.3 is 39.0 Å². The highest BCUT2D eigenvalue weighted by atomic mass is 16.6. The van der Waals surface area contributed by atoms with Gasteiger partial charge >= 0.3 is 17.9 Å². The van der Waals surface area contributed by atoms with Crippen LogP contribution in [0, 0.1) is 23.2 Å². The molecule has 3 N–H and O–H groups in total. The lowest BCUT2D eigenvalue weighted by atomic mass is 9.47. The molecule has 2 aromatic carbocycles. The van der Waals surface area contributed by atoms with Crippen LogP contribution in [0.4, 0.5) is 5.69 Å². The second kappa shape index (κ2) is 14.9. The molecule has 2 unspecified atom stereocenters. The van der Waals surface area contributed by atoms with Gasteiger partial charge in [0.25, 0.3) is 0 Å². The molecule has 5 aliphatic heterocycles. The molecule has 13 nitrogen and oxygen atoms in total. The zero-order valence-electron chi connectivity index (χ0n) is 37.2. The number of nitrogens with zero attached hydrogens (tertiary/aromatic N) is 3. The Balaban J connectivity index is 1.37. The molecule has 1 aromatic heterocycles. The number of likely N-dealkylation sites (N-methyl/N-ethyl adjacent to an activating group) is 1. The van der Waals surface area contributed by atoms with E-state index in [9.17, 15) is 19.8 Å². The second-order valence-corrected chi connectivity index (χ2v) is 18.8. The highest BCUT2D eigenvalue weighted by Crippen LogP contribution is 2.68. The van der Waals surface area contributed by atoms with Crippen LogP contribution in [0.2, 0.25) is 0 Å². The van der Waals surface area contributed by atoms with Crippen molar-refractivity contribution >= 4 is 34.5 Å². The quantitative estimate of drug-likeness (QED) is 0.134. The van der Waals surface area contributed by atoms with Crippen molar-refractivity contribution in [2.75, 3.05) is 66.0 Å². The Morgan fingerprint density at radius 1 is 0.968 bits per heavy atom. The van der Waals surface area contributed by atoms with E-state index in [2.05, 4.69) is 44.8 Å². The number of aromatic amines is 1. The summed E-state index contributed by atoms with van der Waals surface area (Å²) in [5.41, 5.74) is -1.04. The molecule has 10 atom stereocenters. The van der Waals surface area contributed by atoms with Crippen molar-refractivity contribution in [2.45, 2.75) is 106 Å². The molecule has 2 bridgehead atoms. The molecule has 62 heavy (non-hydrogen) atoms. The number of methoxy groups -OCH3 is 3. The fourth-order valence-electron chi connectivity index (χ4n) is 13.8. The van der Waals surface area contributed by atoms with E-state index < -0.39 is 57.5 Å². The number of rotatable bonds is 7. The predicted molar refractivity (Wildman–Crippen MR) is 233 cm³/mol. The monoisotopic (exact) mass is 848 g/mol. The number of anilines is 1. The van der Waals surface area contributed by atoms with Gasteiger partial charge in [-0.15, -0.1) is 5.92 Å². The number of ether oxygens (including phenoxy) is 4. The van der Waals surface area contributed by atoms with Crippen LogP contribution in [-0.4, -0.2) is 133 Å². The Morgan fingerprint density at radius 3 is 2.42 bits per heavy atom. The first-order chi connectivity index (χ1) is 29.7. The molecule has 0 amide bonds. The average molecular weight is 849 g/mol. The van der Waals surface area contributed by atoms with Gasteiger partial charge in [-0.05, 0) is 93.3 Å². The number of H-pyrrole nitrogens is 1. The molecule has 1 saturated carbocycles. The molecule has 3 aromatic rings. The van der Waals surface area contributed by atoms with Crippen LogP contribution in [0.1, 0.15) is 87.7 Å². The molecule has 13 heteroatoms. The third-order valence-electron chi connectivity index (χ3n) is 16.0. The van der Waals surface area contributed by atoms with Crippen molar-refractivity contribution in [2.24, 2.45) is 11.3 Å². The second-order valence-electron chi connectivity index (χ2n) is 18.8. The van der Waals surface area contributed by atoms with Gasteiger partial charge in [-0.2, -0.15) is 0 Å². The molecular formula is C49H60N4O9. The molecule has 6 aliphatic rings. The van der Waals surface area contributed by atoms with E-state index >= 15 is 4.79 Å². The summed E-state index contributed by atoms with van der Waals surface area (Å²) in [7, 11) is 6.14. The number of hydrogen-bond acceptors (Lipinski definition) is 12. The first-order valence-corrected chi connectivity index (χ1v) is 22.1. The van der Waals surface area contributed by atoms with Gasteiger partial charge in [-0.25, -0.2) is 4.79 Å². The lowest BCUT2D eigenvalue weighted by Gasteiger charge is -2.63. The van der Waals surface area contributed by atoms with Crippen LogP contribution >= 0.6 is 0 Å². The summed E-state index contributed by atoms with van der Waals surface area (Å²) in [6.07, 6.45) is 5.80. The predicted octanol–water partition coefficient (Wildman–Crippen LogP) is 4.36. The minimum Gasteiger partial charge on any atom is -0.496 e. The van der Waals surface area contributed by atoms with Crippen molar-refractivity contribution in [3.8, 4) is 17.6 Å². The summed E-state index contributed by atoms with van der Waals surface area (Å²) in [4.78, 5) is 53.4. The summed E-state index contributed by atoms with van der Waals surface area (Å²) in [5.74, 6) is 4.61. The maximum absolute atomic E-state index is 15.5. The molecule has 0 radical (unpaired) electrons. The van der Waals surface area contributed by atoms with Gasteiger partial charge in [-0.1, -0.05) is 31.9 Å². The Hall–Kier alpha value is -4.87. The van der Waals surface area contributed by atoms with Crippen LogP contribution in [0.3, 0.4) is 0 Å². The Morgan fingerprint density at radius 2 is 1.74 bits per heavy atom. The Labute approximate surface area is 363 Å². The van der Waals surface area contributed by atoms with Crippen molar-refractivity contribution in [3.63, 3.8) is 0 Å². The summed E-state index contributed by atoms with van der Waals surface area (Å²) < 4.78 is 24.0. The van der Waals surface area contributed by atoms with E-state index in [-0.39, 0.29) is 12.0 Å². The molecule has 3 fully saturated rings. The number of hydrogen-bond donors (Lipinski definition) is 3. The van der Waals surface area contributed by atoms with Crippen LogP contribution in [0.5, 0.6) is 5.75 Å². The Kier molecular flexibility index (Phi) is 10.2.